The van der Waals surface area contributed by atoms with Crippen LogP contribution in [0.4, 0.5) is 0 Å². The molecular weight excluding hydrogens is 248 g/mol. The van der Waals surface area contributed by atoms with Crippen molar-refractivity contribution in [2.75, 3.05) is 13.1 Å². The predicted octanol–water partition coefficient (Wildman–Crippen LogP) is 2.78. The second-order valence-corrected chi connectivity index (χ2v) is 5.78. The fourth-order valence-corrected chi connectivity index (χ4v) is 3.31. The van der Waals surface area contributed by atoms with Crippen molar-refractivity contribution in [1.82, 2.24) is 9.88 Å². The number of aromatic nitrogens is 1. The number of likely N-dealkylation sites (tertiary alicyclic amines) is 1. The van der Waals surface area contributed by atoms with Crippen molar-refractivity contribution in [3.63, 3.8) is 0 Å². The van der Waals surface area contributed by atoms with Gasteiger partial charge in [0.25, 0.3) is 0 Å². The Morgan fingerprint density at radius 1 is 1.61 bits per heavy atom. The summed E-state index contributed by atoms with van der Waals surface area (Å²) in [5, 5.41) is 11.4. The number of hydrogen-bond acceptors (Lipinski definition) is 4. The number of piperidine rings is 1. The molecule has 0 spiro atoms. The number of hydrogen-bond donors (Lipinski definition) is 1. The highest BCUT2D eigenvalue weighted by Crippen LogP contribution is 2.37. The van der Waals surface area contributed by atoms with Crippen LogP contribution in [-0.4, -0.2) is 34.0 Å². The Labute approximate surface area is 112 Å². The molecule has 1 N–H and O–H groups in total. The van der Waals surface area contributed by atoms with Gasteiger partial charge in [-0.1, -0.05) is 6.92 Å². The minimum atomic E-state index is -0.633. The van der Waals surface area contributed by atoms with E-state index in [0.29, 0.717) is 6.04 Å². The highest BCUT2D eigenvalue weighted by Gasteiger charge is 2.40. The summed E-state index contributed by atoms with van der Waals surface area (Å²) in [6.07, 6.45) is 2.21. The maximum atomic E-state index is 11.4. The molecule has 1 unspecified atom stereocenters. The predicted molar refractivity (Wildman–Crippen MR) is 71.7 cm³/mol. The van der Waals surface area contributed by atoms with E-state index in [-0.39, 0.29) is 0 Å². The maximum Gasteiger partial charge on any atom is 0.309 e. The molecule has 1 aliphatic heterocycles. The fourth-order valence-electron chi connectivity index (χ4n) is 2.67. The van der Waals surface area contributed by atoms with E-state index in [9.17, 15) is 9.90 Å². The van der Waals surface area contributed by atoms with Crippen LogP contribution in [0.5, 0.6) is 0 Å². The Hall–Kier alpha value is -0.940. The van der Waals surface area contributed by atoms with Crippen LogP contribution in [0.25, 0.3) is 0 Å². The quantitative estimate of drug-likeness (QED) is 0.912. The molecule has 2 rings (SSSR count). The molecule has 0 bridgehead atoms. The molecule has 4 nitrogen and oxygen atoms in total. The summed E-state index contributed by atoms with van der Waals surface area (Å²) in [7, 11) is 0. The van der Waals surface area contributed by atoms with Gasteiger partial charge in [0.2, 0.25) is 0 Å². The van der Waals surface area contributed by atoms with Gasteiger partial charge in [0.05, 0.1) is 22.7 Å². The van der Waals surface area contributed by atoms with Crippen molar-refractivity contribution in [2.24, 2.45) is 5.41 Å². The van der Waals surface area contributed by atoms with E-state index in [1.807, 2.05) is 12.4 Å². The number of aliphatic carboxylic acids is 1. The molecule has 1 aromatic heterocycles. The molecule has 1 atom stereocenters. The minimum absolute atomic E-state index is 0.292. The van der Waals surface area contributed by atoms with Gasteiger partial charge >= 0.3 is 5.97 Å². The summed E-state index contributed by atoms with van der Waals surface area (Å²) in [5.74, 6) is -0.633. The third-order valence-electron chi connectivity index (χ3n) is 4.31. The Morgan fingerprint density at radius 3 is 2.72 bits per heavy atom. The number of thiazole rings is 1. The molecule has 0 amide bonds. The van der Waals surface area contributed by atoms with Gasteiger partial charge in [0, 0.05) is 5.38 Å². The van der Waals surface area contributed by atoms with Crippen LogP contribution in [0.1, 0.15) is 44.8 Å². The summed E-state index contributed by atoms with van der Waals surface area (Å²) in [5.41, 5.74) is 2.45. The smallest absolute Gasteiger partial charge is 0.309 e. The number of rotatable bonds is 4. The third kappa shape index (κ3) is 2.42. The molecule has 18 heavy (non-hydrogen) atoms. The lowest BCUT2D eigenvalue weighted by atomic mass is 9.76. The van der Waals surface area contributed by atoms with Gasteiger partial charge in [-0.15, -0.1) is 11.3 Å². The second kappa shape index (κ2) is 5.36. The van der Waals surface area contributed by atoms with E-state index in [4.69, 9.17) is 0 Å². The average Bonchev–Trinajstić information content (AvgIpc) is 2.91. The first-order chi connectivity index (χ1) is 8.59. The normalized spacial score (nSPS) is 21.7. The van der Waals surface area contributed by atoms with Gasteiger partial charge < -0.3 is 5.11 Å². The largest absolute Gasteiger partial charge is 0.481 e. The highest BCUT2D eigenvalue weighted by atomic mass is 32.1. The Kier molecular flexibility index (Phi) is 4.02. The molecule has 1 fully saturated rings. The molecule has 2 heterocycles. The number of nitrogens with zero attached hydrogens (tertiary/aromatic N) is 2. The highest BCUT2D eigenvalue weighted by molar-refractivity contribution is 7.07. The molecule has 1 saturated heterocycles. The van der Waals surface area contributed by atoms with Crippen LogP contribution in [-0.2, 0) is 4.79 Å². The average molecular weight is 268 g/mol. The van der Waals surface area contributed by atoms with E-state index in [1.165, 1.54) is 0 Å². The summed E-state index contributed by atoms with van der Waals surface area (Å²) >= 11 is 1.61. The standard InChI is InChI=1S/C13H20N2O2S/c1-3-13(12(16)17)4-6-15(7-5-13)10(2)11-8-18-9-14-11/h8-10H,3-7H2,1-2H3,(H,16,17). The molecule has 100 valence electrons. The van der Waals surface area contributed by atoms with Crippen LogP contribution in [0.15, 0.2) is 10.9 Å². The molecule has 0 aromatic carbocycles. The van der Waals surface area contributed by atoms with E-state index >= 15 is 0 Å². The van der Waals surface area contributed by atoms with Gasteiger partial charge in [0.15, 0.2) is 0 Å². The molecule has 0 aliphatic carbocycles. The van der Waals surface area contributed by atoms with Crippen molar-refractivity contribution in [3.05, 3.63) is 16.6 Å². The Balaban J connectivity index is 2.00. The first-order valence-corrected chi connectivity index (χ1v) is 7.39. The number of carboxylic acids is 1. The summed E-state index contributed by atoms with van der Waals surface area (Å²) in [6.45, 7) is 5.82. The van der Waals surface area contributed by atoms with Crippen molar-refractivity contribution in [1.29, 1.82) is 0 Å². The molecule has 0 saturated carbocycles. The molecule has 5 heteroatoms. The summed E-state index contributed by atoms with van der Waals surface area (Å²) in [4.78, 5) is 18.1. The monoisotopic (exact) mass is 268 g/mol. The Morgan fingerprint density at radius 2 is 2.28 bits per heavy atom. The first-order valence-electron chi connectivity index (χ1n) is 6.44. The summed E-state index contributed by atoms with van der Waals surface area (Å²) < 4.78 is 0. The minimum Gasteiger partial charge on any atom is -0.481 e. The number of carboxylic acid groups (broad SMARTS) is 1. The Bertz CT molecular complexity index is 397. The van der Waals surface area contributed by atoms with Gasteiger partial charge in [-0.25, -0.2) is 4.98 Å². The van der Waals surface area contributed by atoms with Crippen LogP contribution in [0, 0.1) is 5.41 Å². The lowest BCUT2D eigenvalue weighted by Crippen LogP contribution is -2.44. The number of carbonyl (C=O) groups is 1. The lowest BCUT2D eigenvalue weighted by molar-refractivity contribution is -0.152. The van der Waals surface area contributed by atoms with Crippen LogP contribution < -0.4 is 0 Å². The fraction of sp³-hybridized carbons (Fsp3) is 0.692. The second-order valence-electron chi connectivity index (χ2n) is 5.06. The van der Waals surface area contributed by atoms with Crippen molar-refractivity contribution >= 4 is 17.3 Å². The summed E-state index contributed by atoms with van der Waals surface area (Å²) in [6, 6.07) is 0.292. The zero-order valence-corrected chi connectivity index (χ0v) is 11.7. The zero-order chi connectivity index (χ0) is 13.2. The van der Waals surface area contributed by atoms with Crippen LogP contribution in [0.3, 0.4) is 0 Å². The maximum absolute atomic E-state index is 11.4. The van der Waals surface area contributed by atoms with E-state index < -0.39 is 11.4 Å². The van der Waals surface area contributed by atoms with Crippen molar-refractivity contribution < 1.29 is 9.90 Å². The molecular formula is C13H20N2O2S. The van der Waals surface area contributed by atoms with Crippen LogP contribution in [0.2, 0.25) is 0 Å². The SMILES string of the molecule is CCC1(C(=O)O)CCN(C(C)c2cscn2)CC1. The lowest BCUT2D eigenvalue weighted by Gasteiger charge is -2.40. The molecule has 1 aliphatic rings. The topological polar surface area (TPSA) is 53.4 Å². The van der Waals surface area contributed by atoms with Gasteiger partial charge in [0.1, 0.15) is 0 Å². The van der Waals surface area contributed by atoms with Gasteiger partial charge in [-0.2, -0.15) is 0 Å². The zero-order valence-electron chi connectivity index (χ0n) is 10.9. The van der Waals surface area contributed by atoms with E-state index in [1.54, 1.807) is 11.3 Å². The van der Waals surface area contributed by atoms with E-state index in [0.717, 1.165) is 38.0 Å². The third-order valence-corrected chi connectivity index (χ3v) is 4.92. The van der Waals surface area contributed by atoms with Crippen molar-refractivity contribution in [3.8, 4) is 0 Å². The molecule has 0 radical (unpaired) electrons. The van der Waals surface area contributed by atoms with Gasteiger partial charge in [-0.3, -0.25) is 9.69 Å². The first kappa shape index (κ1) is 13.5. The van der Waals surface area contributed by atoms with Crippen molar-refractivity contribution in [2.45, 2.75) is 39.2 Å². The van der Waals surface area contributed by atoms with Crippen LogP contribution >= 0.6 is 11.3 Å². The van der Waals surface area contributed by atoms with Gasteiger partial charge in [-0.05, 0) is 39.3 Å². The molecule has 1 aromatic rings. The van der Waals surface area contributed by atoms with E-state index in [2.05, 4.69) is 22.2 Å².